The van der Waals surface area contributed by atoms with Crippen molar-refractivity contribution in [3.05, 3.63) is 35.4 Å². The summed E-state index contributed by atoms with van der Waals surface area (Å²) in [6.07, 6.45) is 2.78. The molecule has 14 heavy (non-hydrogen) atoms. The van der Waals surface area contributed by atoms with E-state index in [-0.39, 0.29) is 5.56 Å². The van der Waals surface area contributed by atoms with Crippen molar-refractivity contribution in [3.8, 4) is 0 Å². The van der Waals surface area contributed by atoms with E-state index in [0.29, 0.717) is 12.8 Å². The van der Waals surface area contributed by atoms with Crippen LogP contribution in [0.25, 0.3) is 0 Å². The Bertz CT molecular complexity index is 343. The van der Waals surface area contributed by atoms with Gasteiger partial charge in [-0.15, -0.1) is 0 Å². The maximum Gasteiger partial charge on any atom is 0.164 e. The molecule has 2 rings (SSSR count). The molecule has 0 bridgehead atoms. The molecule has 0 amide bonds. The third-order valence-electron chi connectivity index (χ3n) is 2.88. The van der Waals surface area contributed by atoms with Gasteiger partial charge in [-0.2, -0.15) is 0 Å². The summed E-state index contributed by atoms with van der Waals surface area (Å²) in [5.74, 6) is -1.79. The lowest BCUT2D eigenvalue weighted by molar-refractivity contribution is 0.0400. The average molecular weight is 198 g/mol. The van der Waals surface area contributed by atoms with Gasteiger partial charge in [0.1, 0.15) is 0 Å². The van der Waals surface area contributed by atoms with E-state index in [4.69, 9.17) is 0 Å². The van der Waals surface area contributed by atoms with E-state index in [9.17, 15) is 13.9 Å². The lowest BCUT2D eigenvalue weighted by Crippen LogP contribution is -2.23. The van der Waals surface area contributed by atoms with Crippen molar-refractivity contribution in [2.75, 3.05) is 0 Å². The van der Waals surface area contributed by atoms with E-state index < -0.39 is 17.2 Å². The van der Waals surface area contributed by atoms with E-state index in [1.54, 1.807) is 0 Å². The first-order valence-electron chi connectivity index (χ1n) is 4.80. The summed E-state index contributed by atoms with van der Waals surface area (Å²) in [5.41, 5.74) is -1.04. The van der Waals surface area contributed by atoms with Crippen molar-refractivity contribution in [2.45, 2.75) is 31.3 Å². The largest absolute Gasteiger partial charge is 0.385 e. The number of hydrogen-bond donors (Lipinski definition) is 1. The molecule has 1 aromatic rings. The van der Waals surface area contributed by atoms with Gasteiger partial charge in [-0.3, -0.25) is 0 Å². The van der Waals surface area contributed by atoms with Gasteiger partial charge in [0.05, 0.1) is 5.60 Å². The molecule has 0 aliphatic heterocycles. The highest BCUT2D eigenvalue weighted by atomic mass is 19.2. The molecule has 1 nitrogen and oxygen atoms in total. The van der Waals surface area contributed by atoms with E-state index in [1.807, 2.05) is 0 Å². The average Bonchev–Trinajstić information content (AvgIpc) is 2.58. The van der Waals surface area contributed by atoms with Gasteiger partial charge in [-0.25, -0.2) is 8.78 Å². The smallest absolute Gasteiger partial charge is 0.164 e. The molecule has 0 saturated heterocycles. The number of rotatable bonds is 1. The van der Waals surface area contributed by atoms with Crippen LogP contribution in [-0.2, 0) is 5.60 Å². The standard InChI is InChI=1S/C11H12F2O/c12-9-5-3-4-8(10(9)13)11(14)6-1-2-7-11/h3-5,14H,1-2,6-7H2. The first kappa shape index (κ1) is 9.59. The Balaban J connectivity index is 2.45. The molecule has 0 radical (unpaired) electrons. The van der Waals surface area contributed by atoms with Crippen LogP contribution < -0.4 is 0 Å². The van der Waals surface area contributed by atoms with Crippen molar-refractivity contribution in [2.24, 2.45) is 0 Å². The van der Waals surface area contributed by atoms with Gasteiger partial charge in [0.25, 0.3) is 0 Å². The van der Waals surface area contributed by atoms with Gasteiger partial charge in [0.2, 0.25) is 0 Å². The second kappa shape index (κ2) is 3.31. The summed E-state index contributed by atoms with van der Waals surface area (Å²) in [4.78, 5) is 0. The Morgan fingerprint density at radius 2 is 1.79 bits per heavy atom. The third kappa shape index (κ3) is 1.42. The van der Waals surface area contributed by atoms with Crippen molar-refractivity contribution in [3.63, 3.8) is 0 Å². The van der Waals surface area contributed by atoms with Gasteiger partial charge >= 0.3 is 0 Å². The number of hydrogen-bond acceptors (Lipinski definition) is 1. The Labute approximate surface area is 81.4 Å². The summed E-state index contributed by atoms with van der Waals surface area (Å²) in [7, 11) is 0. The highest BCUT2D eigenvalue weighted by molar-refractivity contribution is 5.26. The van der Waals surface area contributed by atoms with Gasteiger partial charge in [0.15, 0.2) is 11.6 Å². The fraction of sp³-hybridized carbons (Fsp3) is 0.455. The molecular weight excluding hydrogens is 186 g/mol. The van der Waals surface area contributed by atoms with Crippen LogP contribution in [-0.4, -0.2) is 5.11 Å². The molecule has 0 unspecified atom stereocenters. The SMILES string of the molecule is OC1(c2cccc(F)c2F)CCCC1. The van der Waals surface area contributed by atoms with Crippen molar-refractivity contribution < 1.29 is 13.9 Å². The molecular formula is C11H12F2O. The minimum atomic E-state index is -1.15. The van der Waals surface area contributed by atoms with Gasteiger partial charge in [0, 0.05) is 5.56 Å². The lowest BCUT2D eigenvalue weighted by atomic mass is 9.92. The Hall–Kier alpha value is -0.960. The van der Waals surface area contributed by atoms with Crippen LogP contribution in [0, 0.1) is 11.6 Å². The van der Waals surface area contributed by atoms with Crippen molar-refractivity contribution >= 4 is 0 Å². The van der Waals surface area contributed by atoms with Crippen molar-refractivity contribution in [1.82, 2.24) is 0 Å². The second-order valence-corrected chi connectivity index (χ2v) is 3.84. The summed E-state index contributed by atoms with van der Waals surface area (Å²) >= 11 is 0. The first-order chi connectivity index (χ1) is 6.63. The van der Waals surface area contributed by atoms with Crippen LogP contribution in [0.15, 0.2) is 18.2 Å². The fourth-order valence-electron chi connectivity index (χ4n) is 2.09. The minimum Gasteiger partial charge on any atom is -0.385 e. The van der Waals surface area contributed by atoms with E-state index in [0.717, 1.165) is 18.9 Å². The summed E-state index contributed by atoms with van der Waals surface area (Å²) < 4.78 is 26.3. The number of halogens is 2. The van der Waals surface area contributed by atoms with E-state index in [1.165, 1.54) is 12.1 Å². The number of aliphatic hydroxyl groups is 1. The van der Waals surface area contributed by atoms with E-state index >= 15 is 0 Å². The zero-order valence-electron chi connectivity index (χ0n) is 7.76. The molecule has 3 heteroatoms. The van der Waals surface area contributed by atoms with Crippen LogP contribution in [0.5, 0.6) is 0 Å². The van der Waals surface area contributed by atoms with Crippen LogP contribution in [0.1, 0.15) is 31.2 Å². The normalized spacial score (nSPS) is 19.9. The highest BCUT2D eigenvalue weighted by Crippen LogP contribution is 2.39. The predicted octanol–water partition coefficient (Wildman–Crippen LogP) is 2.73. The Kier molecular flexibility index (Phi) is 2.27. The summed E-state index contributed by atoms with van der Waals surface area (Å²) in [6, 6.07) is 3.96. The Morgan fingerprint density at radius 1 is 1.14 bits per heavy atom. The molecule has 1 aliphatic rings. The molecule has 1 fully saturated rings. The lowest BCUT2D eigenvalue weighted by Gasteiger charge is -2.23. The topological polar surface area (TPSA) is 20.2 Å². The monoisotopic (exact) mass is 198 g/mol. The molecule has 0 heterocycles. The molecule has 1 saturated carbocycles. The molecule has 1 aliphatic carbocycles. The summed E-state index contributed by atoms with van der Waals surface area (Å²) in [5, 5.41) is 10.1. The van der Waals surface area contributed by atoms with Crippen LogP contribution in [0.3, 0.4) is 0 Å². The molecule has 0 atom stereocenters. The van der Waals surface area contributed by atoms with Crippen molar-refractivity contribution in [1.29, 1.82) is 0 Å². The molecule has 1 N–H and O–H groups in total. The molecule has 76 valence electrons. The molecule has 1 aromatic carbocycles. The molecule has 0 aromatic heterocycles. The molecule has 0 spiro atoms. The highest BCUT2D eigenvalue weighted by Gasteiger charge is 2.35. The third-order valence-corrected chi connectivity index (χ3v) is 2.88. The van der Waals surface area contributed by atoms with Gasteiger partial charge in [-0.05, 0) is 18.9 Å². The number of benzene rings is 1. The zero-order chi connectivity index (χ0) is 10.2. The fourth-order valence-corrected chi connectivity index (χ4v) is 2.09. The van der Waals surface area contributed by atoms with Gasteiger partial charge in [-0.1, -0.05) is 25.0 Å². The zero-order valence-corrected chi connectivity index (χ0v) is 7.76. The first-order valence-corrected chi connectivity index (χ1v) is 4.80. The maximum absolute atomic E-state index is 13.4. The maximum atomic E-state index is 13.4. The second-order valence-electron chi connectivity index (χ2n) is 3.84. The van der Waals surface area contributed by atoms with Gasteiger partial charge < -0.3 is 5.11 Å². The quantitative estimate of drug-likeness (QED) is 0.735. The van der Waals surface area contributed by atoms with Crippen LogP contribution in [0.2, 0.25) is 0 Å². The minimum absolute atomic E-state index is 0.106. The van der Waals surface area contributed by atoms with E-state index in [2.05, 4.69) is 0 Å². The van der Waals surface area contributed by atoms with Crippen LogP contribution >= 0.6 is 0 Å². The van der Waals surface area contributed by atoms with Crippen LogP contribution in [0.4, 0.5) is 8.78 Å². The predicted molar refractivity (Wildman–Crippen MR) is 48.7 cm³/mol. The Morgan fingerprint density at radius 3 is 2.43 bits per heavy atom. The summed E-state index contributed by atoms with van der Waals surface area (Å²) in [6.45, 7) is 0.